The SMILES string of the molecule is Cc1cccc(CN2CCn3nc(C)c(C(=O)N[C@@H](C)c4ccc(C(=O)O)cc4)c32)c1. The molecule has 0 aliphatic carbocycles. The third-order valence-electron chi connectivity index (χ3n) is 5.67. The number of carbonyl (C=O) groups excluding carboxylic acids is 1. The van der Waals surface area contributed by atoms with E-state index < -0.39 is 5.97 Å². The Hall–Kier alpha value is -3.61. The molecule has 0 saturated carbocycles. The van der Waals surface area contributed by atoms with Crippen LogP contribution in [-0.4, -0.2) is 33.3 Å². The lowest BCUT2D eigenvalue weighted by atomic mass is 10.1. The molecule has 7 nitrogen and oxygen atoms in total. The molecule has 160 valence electrons. The van der Waals surface area contributed by atoms with Crippen molar-refractivity contribution in [3.05, 3.63) is 82.0 Å². The number of aryl methyl sites for hydroxylation is 2. The highest BCUT2D eigenvalue weighted by Gasteiger charge is 2.30. The van der Waals surface area contributed by atoms with E-state index in [1.165, 1.54) is 11.1 Å². The zero-order chi connectivity index (χ0) is 22.1. The maximum absolute atomic E-state index is 13.2. The normalized spacial score (nSPS) is 13.7. The Morgan fingerprint density at radius 2 is 1.87 bits per heavy atom. The van der Waals surface area contributed by atoms with Crippen molar-refractivity contribution in [2.45, 2.75) is 39.9 Å². The van der Waals surface area contributed by atoms with E-state index in [-0.39, 0.29) is 17.5 Å². The number of rotatable bonds is 6. The van der Waals surface area contributed by atoms with Crippen molar-refractivity contribution < 1.29 is 14.7 Å². The third-order valence-corrected chi connectivity index (χ3v) is 5.67. The smallest absolute Gasteiger partial charge is 0.335 e. The van der Waals surface area contributed by atoms with Gasteiger partial charge in [0.1, 0.15) is 11.4 Å². The lowest BCUT2D eigenvalue weighted by Crippen LogP contribution is -2.29. The van der Waals surface area contributed by atoms with E-state index in [4.69, 9.17) is 5.11 Å². The van der Waals surface area contributed by atoms with E-state index in [2.05, 4.69) is 40.4 Å². The summed E-state index contributed by atoms with van der Waals surface area (Å²) in [5.74, 6) is -0.294. The predicted octanol–water partition coefficient (Wildman–Crippen LogP) is 3.71. The Labute approximate surface area is 181 Å². The number of aromatic carboxylic acids is 1. The van der Waals surface area contributed by atoms with Gasteiger partial charge in [-0.3, -0.25) is 4.79 Å². The number of fused-ring (bicyclic) bond motifs is 1. The minimum Gasteiger partial charge on any atom is -0.478 e. The van der Waals surface area contributed by atoms with Crippen LogP contribution in [0, 0.1) is 13.8 Å². The molecule has 2 aromatic carbocycles. The van der Waals surface area contributed by atoms with Gasteiger partial charge in [-0.25, -0.2) is 9.48 Å². The van der Waals surface area contributed by atoms with Crippen molar-refractivity contribution in [3.63, 3.8) is 0 Å². The number of hydrogen-bond acceptors (Lipinski definition) is 4. The number of aromatic nitrogens is 2. The first-order valence-corrected chi connectivity index (χ1v) is 10.4. The molecule has 0 unspecified atom stereocenters. The molecule has 0 bridgehead atoms. The molecule has 7 heteroatoms. The molecule has 0 spiro atoms. The van der Waals surface area contributed by atoms with Crippen molar-refractivity contribution in [3.8, 4) is 0 Å². The van der Waals surface area contributed by atoms with E-state index in [0.717, 1.165) is 31.0 Å². The molecule has 3 aromatic rings. The van der Waals surface area contributed by atoms with Gasteiger partial charge >= 0.3 is 5.97 Å². The molecule has 1 aromatic heterocycles. The van der Waals surface area contributed by atoms with E-state index >= 15 is 0 Å². The summed E-state index contributed by atoms with van der Waals surface area (Å²) in [6, 6.07) is 14.7. The molecule has 2 heterocycles. The summed E-state index contributed by atoms with van der Waals surface area (Å²) >= 11 is 0. The van der Waals surface area contributed by atoms with Gasteiger partial charge in [-0.2, -0.15) is 5.10 Å². The number of benzene rings is 2. The summed E-state index contributed by atoms with van der Waals surface area (Å²) in [6.45, 7) is 8.10. The summed E-state index contributed by atoms with van der Waals surface area (Å²) in [4.78, 5) is 26.5. The Balaban J connectivity index is 1.54. The zero-order valence-corrected chi connectivity index (χ0v) is 17.9. The number of nitrogens with one attached hydrogen (secondary N) is 1. The van der Waals surface area contributed by atoms with Gasteiger partial charge in [0.25, 0.3) is 5.91 Å². The van der Waals surface area contributed by atoms with Crippen LogP contribution in [0.4, 0.5) is 5.82 Å². The van der Waals surface area contributed by atoms with E-state index in [1.54, 1.807) is 24.3 Å². The fraction of sp³-hybridized carbons (Fsp3) is 0.292. The molecule has 1 aliphatic heterocycles. The molecule has 0 saturated heterocycles. The average molecular weight is 418 g/mol. The molecule has 1 atom stereocenters. The van der Waals surface area contributed by atoms with Crippen LogP contribution in [-0.2, 0) is 13.1 Å². The standard InChI is InChI=1S/C24H26N4O3/c1-15-5-4-6-18(13-15)14-27-11-12-28-23(27)21(17(3)26-28)22(29)25-16(2)19-7-9-20(10-8-19)24(30)31/h4-10,13,16H,11-12,14H2,1-3H3,(H,25,29)(H,30,31)/t16-/m0/s1. The Morgan fingerprint density at radius 3 is 2.55 bits per heavy atom. The first-order valence-electron chi connectivity index (χ1n) is 10.4. The lowest BCUT2D eigenvalue weighted by Gasteiger charge is -2.20. The van der Waals surface area contributed by atoms with Crippen LogP contribution in [0.1, 0.15) is 56.1 Å². The fourth-order valence-corrected chi connectivity index (χ4v) is 4.09. The van der Waals surface area contributed by atoms with Gasteiger partial charge < -0.3 is 15.3 Å². The van der Waals surface area contributed by atoms with E-state index in [9.17, 15) is 9.59 Å². The van der Waals surface area contributed by atoms with Crippen molar-refractivity contribution in [1.82, 2.24) is 15.1 Å². The molecular weight excluding hydrogens is 392 g/mol. The van der Waals surface area contributed by atoms with E-state index in [0.29, 0.717) is 11.3 Å². The zero-order valence-electron chi connectivity index (χ0n) is 17.9. The van der Waals surface area contributed by atoms with Gasteiger partial charge in [-0.1, -0.05) is 42.0 Å². The number of carboxylic acid groups (broad SMARTS) is 1. The van der Waals surface area contributed by atoms with Crippen LogP contribution in [0.15, 0.2) is 48.5 Å². The van der Waals surface area contributed by atoms with Crippen LogP contribution in [0.25, 0.3) is 0 Å². The summed E-state index contributed by atoms with van der Waals surface area (Å²) in [5, 5.41) is 16.7. The van der Waals surface area contributed by atoms with Crippen molar-refractivity contribution in [1.29, 1.82) is 0 Å². The first kappa shape index (κ1) is 20.7. The summed E-state index contributed by atoms with van der Waals surface area (Å²) in [5.41, 5.74) is 4.78. The van der Waals surface area contributed by atoms with Crippen LogP contribution < -0.4 is 10.2 Å². The highest BCUT2D eigenvalue weighted by molar-refractivity contribution is 6.00. The van der Waals surface area contributed by atoms with Gasteiger partial charge in [0.2, 0.25) is 0 Å². The number of hydrogen-bond donors (Lipinski definition) is 2. The highest BCUT2D eigenvalue weighted by atomic mass is 16.4. The second-order valence-corrected chi connectivity index (χ2v) is 8.04. The van der Waals surface area contributed by atoms with Gasteiger partial charge in [-0.05, 0) is 44.0 Å². The van der Waals surface area contributed by atoms with Crippen LogP contribution >= 0.6 is 0 Å². The maximum Gasteiger partial charge on any atom is 0.335 e. The molecular formula is C24H26N4O3. The molecule has 2 N–H and O–H groups in total. The summed E-state index contributed by atoms with van der Waals surface area (Å²) < 4.78 is 1.91. The minimum absolute atomic E-state index is 0.176. The topological polar surface area (TPSA) is 87.5 Å². The molecule has 0 fully saturated rings. The van der Waals surface area contributed by atoms with E-state index in [1.807, 2.05) is 24.6 Å². The van der Waals surface area contributed by atoms with Crippen molar-refractivity contribution >= 4 is 17.7 Å². The van der Waals surface area contributed by atoms with Crippen LogP contribution in [0.5, 0.6) is 0 Å². The predicted molar refractivity (Wildman–Crippen MR) is 118 cm³/mol. The van der Waals surface area contributed by atoms with Crippen molar-refractivity contribution in [2.75, 3.05) is 11.4 Å². The Kier molecular flexibility index (Phi) is 5.50. The van der Waals surface area contributed by atoms with Crippen LogP contribution in [0.2, 0.25) is 0 Å². The Bertz CT molecular complexity index is 1130. The number of amides is 1. The van der Waals surface area contributed by atoms with Gasteiger partial charge in [0.05, 0.1) is 23.8 Å². The second-order valence-electron chi connectivity index (χ2n) is 8.04. The quantitative estimate of drug-likeness (QED) is 0.637. The lowest BCUT2D eigenvalue weighted by molar-refractivity contribution is 0.0696. The molecule has 31 heavy (non-hydrogen) atoms. The van der Waals surface area contributed by atoms with Crippen molar-refractivity contribution in [2.24, 2.45) is 0 Å². The number of anilines is 1. The van der Waals surface area contributed by atoms with Gasteiger partial charge in [0.15, 0.2) is 0 Å². The Morgan fingerprint density at radius 1 is 1.13 bits per heavy atom. The minimum atomic E-state index is -0.969. The first-order chi connectivity index (χ1) is 14.8. The molecule has 1 amide bonds. The molecule has 4 rings (SSSR count). The number of carbonyl (C=O) groups is 2. The largest absolute Gasteiger partial charge is 0.478 e. The monoisotopic (exact) mass is 418 g/mol. The van der Waals surface area contributed by atoms with Gasteiger partial charge in [0, 0.05) is 13.1 Å². The average Bonchev–Trinajstić information content (AvgIpc) is 3.26. The number of nitrogens with zero attached hydrogens (tertiary/aromatic N) is 3. The van der Waals surface area contributed by atoms with Gasteiger partial charge in [-0.15, -0.1) is 0 Å². The molecule has 1 aliphatic rings. The van der Waals surface area contributed by atoms with Crippen LogP contribution in [0.3, 0.4) is 0 Å². The molecule has 0 radical (unpaired) electrons. The summed E-state index contributed by atoms with van der Waals surface area (Å²) in [7, 11) is 0. The highest BCUT2D eigenvalue weighted by Crippen LogP contribution is 2.30. The second kappa shape index (κ2) is 8.26. The maximum atomic E-state index is 13.2. The fourth-order valence-electron chi connectivity index (χ4n) is 4.09. The summed E-state index contributed by atoms with van der Waals surface area (Å²) in [6.07, 6.45) is 0. The third kappa shape index (κ3) is 4.17. The number of carboxylic acids is 1.